The molecule has 1 fully saturated rings. The van der Waals surface area contributed by atoms with Gasteiger partial charge in [-0.25, -0.2) is 4.79 Å². The van der Waals surface area contributed by atoms with Crippen molar-refractivity contribution in [1.29, 1.82) is 0 Å². The monoisotopic (exact) mass is 471 g/mol. The van der Waals surface area contributed by atoms with Crippen molar-refractivity contribution in [2.75, 3.05) is 18.4 Å². The summed E-state index contributed by atoms with van der Waals surface area (Å²) in [6, 6.07) is 20.2. The summed E-state index contributed by atoms with van der Waals surface area (Å²) < 4.78 is 11.8. The van der Waals surface area contributed by atoms with Crippen molar-refractivity contribution in [2.24, 2.45) is 0 Å². The number of nitrogens with one attached hydrogen (secondary N) is 1. The number of carboxylic acid groups (broad SMARTS) is 1. The molecule has 8 heteroatoms. The number of anilines is 2. The van der Waals surface area contributed by atoms with Gasteiger partial charge in [-0.15, -0.1) is 0 Å². The number of carboxylic acids is 1. The van der Waals surface area contributed by atoms with Crippen LogP contribution in [0.5, 0.6) is 5.75 Å². The zero-order chi connectivity index (χ0) is 24.4. The lowest BCUT2D eigenvalue weighted by molar-refractivity contribution is -0.129. The van der Waals surface area contributed by atoms with Crippen LogP contribution in [0.2, 0.25) is 0 Å². The largest absolute Gasteiger partial charge is 0.489 e. The number of fused-ring (bicyclic) bond motifs is 1. The number of benzene rings is 3. The fourth-order valence-electron chi connectivity index (χ4n) is 4.17. The Morgan fingerprint density at radius 1 is 1.14 bits per heavy atom. The summed E-state index contributed by atoms with van der Waals surface area (Å²) in [4.78, 5) is 30.2. The van der Waals surface area contributed by atoms with Crippen LogP contribution in [0.15, 0.2) is 71.1 Å². The van der Waals surface area contributed by atoms with Crippen LogP contribution in [0.1, 0.15) is 27.9 Å². The average Bonchev–Trinajstić information content (AvgIpc) is 3.47. The van der Waals surface area contributed by atoms with Crippen LogP contribution in [0, 0.1) is 6.92 Å². The number of amides is 1. The average molecular weight is 472 g/mol. The molecule has 4 aromatic rings. The molecule has 0 spiro atoms. The maximum absolute atomic E-state index is 12.9. The predicted molar refractivity (Wildman–Crippen MR) is 131 cm³/mol. The van der Waals surface area contributed by atoms with E-state index in [-0.39, 0.29) is 24.0 Å². The summed E-state index contributed by atoms with van der Waals surface area (Å²) in [5.74, 6) is -0.355. The highest BCUT2D eigenvalue weighted by atomic mass is 16.5. The molecule has 0 unspecified atom stereocenters. The van der Waals surface area contributed by atoms with Gasteiger partial charge < -0.3 is 24.5 Å². The molecule has 178 valence electrons. The Bertz CT molecular complexity index is 1380. The topological polar surface area (TPSA) is 105 Å². The van der Waals surface area contributed by atoms with Crippen molar-refractivity contribution in [3.8, 4) is 5.75 Å². The number of para-hydroxylation sites is 1. The quantitative estimate of drug-likeness (QED) is 0.399. The fourth-order valence-corrected chi connectivity index (χ4v) is 4.17. The Labute approximate surface area is 202 Å². The van der Waals surface area contributed by atoms with E-state index in [1.165, 1.54) is 12.1 Å². The summed E-state index contributed by atoms with van der Waals surface area (Å²) in [7, 11) is 0. The van der Waals surface area contributed by atoms with Crippen LogP contribution in [0.25, 0.3) is 11.1 Å². The maximum Gasteiger partial charge on any atom is 0.335 e. The van der Waals surface area contributed by atoms with E-state index in [2.05, 4.69) is 10.3 Å². The third kappa shape index (κ3) is 5.11. The number of hydrogen-bond donors (Lipinski definition) is 2. The maximum atomic E-state index is 12.9. The SMILES string of the molecule is Cc1ccccc1Nc1nc2ccc(CC(=O)N3CC[C@@H](Oc4ccc(C(=O)O)cc4)C3)cc2o1. The van der Waals surface area contributed by atoms with Crippen molar-refractivity contribution in [2.45, 2.75) is 25.9 Å². The minimum Gasteiger partial charge on any atom is -0.489 e. The summed E-state index contributed by atoms with van der Waals surface area (Å²) in [6.07, 6.45) is 0.861. The number of aromatic nitrogens is 1. The van der Waals surface area contributed by atoms with Gasteiger partial charge in [-0.2, -0.15) is 4.98 Å². The zero-order valence-electron chi connectivity index (χ0n) is 19.2. The molecule has 35 heavy (non-hydrogen) atoms. The molecule has 2 N–H and O–H groups in total. The van der Waals surface area contributed by atoms with E-state index >= 15 is 0 Å². The first kappa shape index (κ1) is 22.5. The van der Waals surface area contributed by atoms with E-state index in [0.717, 1.165) is 28.8 Å². The number of rotatable bonds is 7. The first-order valence-electron chi connectivity index (χ1n) is 11.4. The van der Waals surface area contributed by atoms with Gasteiger partial charge in [0, 0.05) is 18.7 Å². The van der Waals surface area contributed by atoms with E-state index in [1.54, 1.807) is 17.0 Å². The number of oxazole rings is 1. The number of hydrogen-bond acceptors (Lipinski definition) is 6. The lowest BCUT2D eigenvalue weighted by Gasteiger charge is -2.17. The van der Waals surface area contributed by atoms with Crippen LogP contribution < -0.4 is 10.1 Å². The molecular formula is C27H25N3O5. The second kappa shape index (κ2) is 9.50. The van der Waals surface area contributed by atoms with Gasteiger partial charge in [-0.3, -0.25) is 4.79 Å². The van der Waals surface area contributed by atoms with E-state index in [4.69, 9.17) is 14.3 Å². The van der Waals surface area contributed by atoms with Crippen molar-refractivity contribution in [3.05, 3.63) is 83.4 Å². The first-order chi connectivity index (χ1) is 16.9. The van der Waals surface area contributed by atoms with Crippen molar-refractivity contribution in [1.82, 2.24) is 9.88 Å². The first-order valence-corrected chi connectivity index (χ1v) is 11.4. The third-order valence-corrected chi connectivity index (χ3v) is 6.10. The number of aryl methyl sites for hydroxylation is 1. The van der Waals surface area contributed by atoms with Gasteiger partial charge in [0.2, 0.25) is 5.91 Å². The molecular weight excluding hydrogens is 446 g/mol. The van der Waals surface area contributed by atoms with Gasteiger partial charge >= 0.3 is 5.97 Å². The second-order valence-corrected chi connectivity index (χ2v) is 8.64. The molecule has 1 aliphatic rings. The highest BCUT2D eigenvalue weighted by Gasteiger charge is 2.27. The van der Waals surface area contributed by atoms with E-state index < -0.39 is 5.97 Å². The van der Waals surface area contributed by atoms with E-state index in [1.807, 2.05) is 49.4 Å². The molecule has 0 saturated carbocycles. The minimum atomic E-state index is -0.975. The van der Waals surface area contributed by atoms with Crippen molar-refractivity contribution in [3.63, 3.8) is 0 Å². The zero-order valence-corrected chi connectivity index (χ0v) is 19.2. The molecule has 1 atom stereocenters. The van der Waals surface area contributed by atoms with Gasteiger partial charge in [0.25, 0.3) is 6.01 Å². The van der Waals surface area contributed by atoms with E-state index in [9.17, 15) is 9.59 Å². The smallest absolute Gasteiger partial charge is 0.335 e. The fraction of sp³-hybridized carbons (Fsp3) is 0.222. The highest BCUT2D eigenvalue weighted by molar-refractivity contribution is 5.87. The molecule has 2 heterocycles. The molecule has 1 saturated heterocycles. The lowest BCUT2D eigenvalue weighted by Crippen LogP contribution is -2.32. The number of likely N-dealkylation sites (tertiary alicyclic amines) is 1. The number of ether oxygens (including phenoxy) is 1. The second-order valence-electron chi connectivity index (χ2n) is 8.64. The Morgan fingerprint density at radius 3 is 2.71 bits per heavy atom. The Balaban J connectivity index is 1.19. The molecule has 0 radical (unpaired) electrons. The Kier molecular flexibility index (Phi) is 6.10. The van der Waals surface area contributed by atoms with Gasteiger partial charge in [0.15, 0.2) is 5.58 Å². The van der Waals surface area contributed by atoms with Crippen LogP contribution >= 0.6 is 0 Å². The van der Waals surface area contributed by atoms with Crippen LogP contribution in [-0.4, -0.2) is 46.1 Å². The summed E-state index contributed by atoms with van der Waals surface area (Å²) in [6.45, 7) is 3.12. The summed E-state index contributed by atoms with van der Waals surface area (Å²) >= 11 is 0. The van der Waals surface area contributed by atoms with Crippen LogP contribution in [0.4, 0.5) is 11.7 Å². The van der Waals surface area contributed by atoms with Crippen molar-refractivity contribution < 1.29 is 23.8 Å². The van der Waals surface area contributed by atoms with Crippen LogP contribution in [-0.2, 0) is 11.2 Å². The summed E-state index contributed by atoms with van der Waals surface area (Å²) in [5.41, 5.74) is 4.43. The standard InChI is InChI=1S/C27H25N3O5/c1-17-4-2-3-5-22(17)28-27-29-23-11-6-18(14-24(23)35-27)15-25(31)30-13-12-21(16-30)34-20-9-7-19(8-10-20)26(32)33/h2-11,14,21H,12-13,15-16H2,1H3,(H,28,29)(H,32,33)/t21-/m1/s1. The minimum absolute atomic E-state index is 0.0226. The molecule has 1 aliphatic heterocycles. The van der Waals surface area contributed by atoms with E-state index in [0.29, 0.717) is 30.4 Å². The van der Waals surface area contributed by atoms with Gasteiger partial charge in [0.05, 0.1) is 18.5 Å². The van der Waals surface area contributed by atoms with Crippen molar-refractivity contribution >= 4 is 34.7 Å². The number of nitrogens with zero attached hydrogens (tertiary/aromatic N) is 2. The molecule has 0 aliphatic carbocycles. The molecule has 0 bridgehead atoms. The molecule has 3 aromatic carbocycles. The summed E-state index contributed by atoms with van der Waals surface area (Å²) in [5, 5.41) is 12.2. The molecule has 5 rings (SSSR count). The van der Waals surface area contributed by atoms with Gasteiger partial charge in [-0.05, 0) is 60.5 Å². The third-order valence-electron chi connectivity index (χ3n) is 6.10. The predicted octanol–water partition coefficient (Wildman–Crippen LogP) is 4.80. The van der Waals surface area contributed by atoms with Crippen LogP contribution in [0.3, 0.4) is 0 Å². The normalized spacial score (nSPS) is 15.3. The highest BCUT2D eigenvalue weighted by Crippen LogP contribution is 2.25. The molecule has 1 aromatic heterocycles. The molecule has 1 amide bonds. The lowest BCUT2D eigenvalue weighted by atomic mass is 10.1. The Hall–Kier alpha value is -4.33. The Morgan fingerprint density at radius 2 is 1.94 bits per heavy atom. The number of aromatic carboxylic acids is 1. The molecule has 8 nitrogen and oxygen atoms in total. The number of carbonyl (C=O) groups is 2. The van der Waals surface area contributed by atoms with Gasteiger partial charge in [0.1, 0.15) is 17.4 Å². The number of carbonyl (C=O) groups excluding carboxylic acids is 1. The van der Waals surface area contributed by atoms with Gasteiger partial charge in [-0.1, -0.05) is 24.3 Å².